The second-order valence-corrected chi connectivity index (χ2v) is 19.8. The molecular formula is C50H83N3O14. The third-order valence-corrected chi connectivity index (χ3v) is 14.5. The van der Waals surface area contributed by atoms with Gasteiger partial charge < -0.3 is 59.7 Å². The summed E-state index contributed by atoms with van der Waals surface area (Å²) in [6, 6.07) is -1.19. The summed E-state index contributed by atoms with van der Waals surface area (Å²) in [6.07, 6.45) is 5.07. The normalized spacial score (nSPS) is 35.8. The Morgan fingerprint density at radius 2 is 1.60 bits per heavy atom. The van der Waals surface area contributed by atoms with Gasteiger partial charge in [0.25, 0.3) is 11.7 Å². The number of cyclic esters (lactones) is 1. The van der Waals surface area contributed by atoms with Crippen molar-refractivity contribution in [3.05, 3.63) is 23.3 Å². The van der Waals surface area contributed by atoms with Crippen LogP contribution < -0.4 is 11.1 Å². The molecule has 1 aliphatic carbocycles. The maximum absolute atomic E-state index is 14.5. The van der Waals surface area contributed by atoms with Crippen molar-refractivity contribution in [2.45, 2.75) is 185 Å². The van der Waals surface area contributed by atoms with Crippen LogP contribution in [-0.4, -0.2) is 152 Å². The summed E-state index contributed by atoms with van der Waals surface area (Å²) in [4.78, 5) is 71.3. The Balaban J connectivity index is 1.72. The minimum atomic E-state index is -2.55. The number of rotatable bonds is 14. The zero-order valence-corrected chi connectivity index (χ0v) is 41.5. The molecule has 4 aliphatic rings. The van der Waals surface area contributed by atoms with Gasteiger partial charge in [-0.1, -0.05) is 51.3 Å². The average Bonchev–Trinajstić information content (AvgIpc) is 3.30. The van der Waals surface area contributed by atoms with Gasteiger partial charge in [-0.25, -0.2) is 9.59 Å². The number of hydrogen-bond acceptors (Lipinski definition) is 15. The third kappa shape index (κ3) is 15.6. The second kappa shape index (κ2) is 27.2. The van der Waals surface area contributed by atoms with Crippen molar-refractivity contribution >= 4 is 29.5 Å². The second-order valence-electron chi connectivity index (χ2n) is 19.8. The molecule has 0 aromatic rings. The fraction of sp³-hybridized carbons (Fsp3) is 0.820. The largest absolute Gasteiger partial charge is 0.456 e. The Morgan fingerprint density at radius 3 is 2.28 bits per heavy atom. The zero-order chi connectivity index (χ0) is 49.4. The number of nitrogens with one attached hydrogen (secondary N) is 1. The number of nitrogens with two attached hydrogens (primary N) is 1. The van der Waals surface area contributed by atoms with E-state index in [0.717, 1.165) is 36.2 Å². The van der Waals surface area contributed by atoms with E-state index in [0.29, 0.717) is 63.6 Å². The number of carbonyl (C=O) groups excluding carboxylic acids is 5. The van der Waals surface area contributed by atoms with Crippen molar-refractivity contribution in [1.82, 2.24) is 10.2 Å². The summed E-state index contributed by atoms with van der Waals surface area (Å²) in [5.41, 5.74) is 7.06. The molecule has 0 aromatic carbocycles. The number of allylic oxidation sites excluding steroid dienone is 3. The molecule has 2 saturated heterocycles. The molecule has 6 N–H and O–H groups in total. The highest BCUT2D eigenvalue weighted by Crippen LogP contribution is 2.39. The highest BCUT2D eigenvalue weighted by molar-refractivity contribution is 6.39. The third-order valence-electron chi connectivity index (χ3n) is 14.5. The van der Waals surface area contributed by atoms with Crippen molar-refractivity contribution in [3.63, 3.8) is 0 Å². The number of unbranched alkanes of at least 4 members (excludes halogenated alkanes) is 3. The molecule has 0 radical (unpaired) electrons. The minimum absolute atomic E-state index is 0.0547. The fourth-order valence-electron chi connectivity index (χ4n) is 10.4. The topological polar surface area (TPSA) is 243 Å². The van der Waals surface area contributed by atoms with Gasteiger partial charge in [0.1, 0.15) is 24.0 Å². The van der Waals surface area contributed by atoms with Crippen molar-refractivity contribution in [3.8, 4) is 0 Å². The lowest BCUT2D eigenvalue weighted by atomic mass is 9.81. The summed E-state index contributed by atoms with van der Waals surface area (Å²) in [7, 11) is 4.56. The molecule has 0 aromatic heterocycles. The standard InChI is InChI=1S/C50H83N3O14/c1-30-23-31(2)25-42(63-7)45-43(64-8)27-33(4)50(61,67-45)46(57)47(58)53-21-14-11-15-37(53)48(59)66-44(32(3)26-35-16-17-38(54)41(28-35)62-6)34(5)39(55)29-40(56)36(24-30)18-22-65-49(60)52-20-13-10-9-12-19-51/h24,26,31,33-39,41-45,54-55,61H,9-23,25,27-29,51H2,1-8H3,(H,52,60)/t31-,33+,34+,35-,36?,37-,38+,39-,41+,42-,43-,44?,45+,50+/m0/s1. The van der Waals surface area contributed by atoms with Crippen LogP contribution in [-0.2, 0) is 47.6 Å². The van der Waals surface area contributed by atoms with Crippen LogP contribution in [0.4, 0.5) is 4.79 Å². The molecule has 3 fully saturated rings. The van der Waals surface area contributed by atoms with E-state index < -0.39 is 96.1 Å². The van der Waals surface area contributed by atoms with Crippen molar-refractivity contribution < 1.29 is 67.7 Å². The first-order valence-electron chi connectivity index (χ1n) is 24.8. The number of ether oxygens (including phenoxy) is 6. The predicted octanol–water partition coefficient (Wildman–Crippen LogP) is 4.70. The number of carbonyl (C=O) groups is 5. The van der Waals surface area contributed by atoms with Gasteiger partial charge in [0, 0.05) is 58.6 Å². The average molecular weight is 950 g/mol. The van der Waals surface area contributed by atoms with Crippen LogP contribution in [0.5, 0.6) is 0 Å². The molecule has 3 heterocycles. The molecule has 2 amide bonds. The predicted molar refractivity (Wildman–Crippen MR) is 249 cm³/mol. The van der Waals surface area contributed by atoms with E-state index in [-0.39, 0.29) is 56.5 Å². The number of fused-ring (bicyclic) bond motifs is 3. The summed E-state index contributed by atoms with van der Waals surface area (Å²) in [5.74, 6) is -8.47. The zero-order valence-electron chi connectivity index (χ0n) is 41.5. The number of hydrogen-bond donors (Lipinski definition) is 5. The van der Waals surface area contributed by atoms with E-state index in [1.807, 2.05) is 26.0 Å². The van der Waals surface area contributed by atoms with Crippen LogP contribution in [0.3, 0.4) is 0 Å². The van der Waals surface area contributed by atoms with Crippen LogP contribution in [0.1, 0.15) is 131 Å². The van der Waals surface area contributed by atoms with E-state index >= 15 is 0 Å². The van der Waals surface area contributed by atoms with Crippen LogP contribution in [0, 0.1) is 29.6 Å². The lowest BCUT2D eigenvalue weighted by Crippen LogP contribution is -2.64. The van der Waals surface area contributed by atoms with E-state index in [9.17, 15) is 39.3 Å². The minimum Gasteiger partial charge on any atom is -0.456 e. The fourth-order valence-corrected chi connectivity index (χ4v) is 10.4. The first kappa shape index (κ1) is 56.3. The van der Waals surface area contributed by atoms with Crippen molar-refractivity contribution in [1.29, 1.82) is 0 Å². The molecule has 2 bridgehead atoms. The van der Waals surface area contributed by atoms with Crippen LogP contribution >= 0.6 is 0 Å². The quantitative estimate of drug-likeness (QED) is 0.0686. The number of piperidine rings is 1. The number of alkyl carbamates (subject to hydrolysis) is 1. The van der Waals surface area contributed by atoms with Gasteiger partial charge in [-0.15, -0.1) is 0 Å². The van der Waals surface area contributed by atoms with Crippen molar-refractivity contribution in [2.24, 2.45) is 35.3 Å². The lowest BCUT2D eigenvalue weighted by molar-refractivity contribution is -0.302. The number of aliphatic hydroxyl groups excluding tert-OH is 2. The molecule has 4 rings (SSSR count). The molecule has 2 unspecified atom stereocenters. The Kier molecular flexibility index (Phi) is 22.9. The lowest BCUT2D eigenvalue weighted by Gasteiger charge is -2.47. The molecule has 17 heteroatoms. The smallest absolute Gasteiger partial charge is 0.407 e. The number of aliphatic hydroxyl groups is 3. The monoisotopic (exact) mass is 950 g/mol. The summed E-state index contributed by atoms with van der Waals surface area (Å²) in [6.45, 7) is 10.1. The van der Waals surface area contributed by atoms with Gasteiger partial charge in [0.05, 0.1) is 37.1 Å². The molecule has 67 heavy (non-hydrogen) atoms. The van der Waals surface area contributed by atoms with E-state index in [1.165, 1.54) is 14.2 Å². The number of methoxy groups -OCH3 is 3. The molecule has 17 nitrogen and oxygen atoms in total. The summed E-state index contributed by atoms with van der Waals surface area (Å²) < 4.78 is 35.5. The number of nitrogens with zero attached hydrogens (tertiary/aromatic N) is 1. The van der Waals surface area contributed by atoms with E-state index in [1.54, 1.807) is 27.9 Å². The molecule has 1 saturated carbocycles. The first-order valence-corrected chi connectivity index (χ1v) is 24.8. The molecular weight excluding hydrogens is 867 g/mol. The Morgan fingerprint density at radius 1 is 0.910 bits per heavy atom. The maximum Gasteiger partial charge on any atom is 0.407 e. The molecule has 382 valence electrons. The van der Waals surface area contributed by atoms with Gasteiger partial charge in [-0.05, 0) is 115 Å². The van der Waals surface area contributed by atoms with E-state index in [2.05, 4.69) is 5.32 Å². The van der Waals surface area contributed by atoms with Gasteiger partial charge in [-0.2, -0.15) is 0 Å². The first-order chi connectivity index (χ1) is 31.9. The van der Waals surface area contributed by atoms with E-state index in [4.69, 9.17) is 34.2 Å². The highest BCUT2D eigenvalue weighted by atomic mass is 16.7. The van der Waals surface area contributed by atoms with Gasteiger partial charge in [0.15, 0.2) is 0 Å². The Hall–Kier alpha value is -3.29. The van der Waals surface area contributed by atoms with Gasteiger partial charge in [0.2, 0.25) is 5.79 Å². The Bertz CT molecular complexity index is 1690. The van der Waals surface area contributed by atoms with Crippen molar-refractivity contribution in [2.75, 3.05) is 47.6 Å². The summed E-state index contributed by atoms with van der Waals surface area (Å²) in [5, 5.41) is 37.3. The van der Waals surface area contributed by atoms with Crippen LogP contribution in [0.15, 0.2) is 23.3 Å². The number of esters is 1. The van der Waals surface area contributed by atoms with Gasteiger partial charge >= 0.3 is 12.1 Å². The molecule has 14 atom stereocenters. The van der Waals surface area contributed by atoms with Crippen LogP contribution in [0.2, 0.25) is 0 Å². The highest BCUT2D eigenvalue weighted by Gasteiger charge is 2.56. The summed E-state index contributed by atoms with van der Waals surface area (Å²) >= 11 is 0. The molecule has 3 aliphatic heterocycles. The maximum atomic E-state index is 14.5. The van der Waals surface area contributed by atoms with Gasteiger partial charge in [-0.3, -0.25) is 14.4 Å². The Labute approximate surface area is 398 Å². The SMILES string of the molecule is CO[C@H]1C[C@@H](C)CC(C)=CC(CCOC(=O)NCCCCCCN)C(=O)C[C@H](O)[C@@H](C)C(C(C)=C[C@@H]2CC[C@@H](O)[C@H](OC)C2)OC(=O)[C@@H]2CCCCN2C(=O)C(=O)[C@]2(O)O[C@H]1[C@@H](OC)C[C@H]2C. The molecule has 0 spiro atoms. The number of amides is 2. The number of Topliss-reactive ketones (excluding diaryl/α,β-unsaturated/α-hetero) is 2. The number of ketones is 2. The van der Waals surface area contributed by atoms with Crippen LogP contribution in [0.25, 0.3) is 0 Å².